The van der Waals surface area contributed by atoms with Crippen molar-refractivity contribution in [2.75, 3.05) is 0 Å². The lowest BCUT2D eigenvalue weighted by atomic mass is 10.1. The van der Waals surface area contributed by atoms with E-state index in [0.29, 0.717) is 0 Å². The smallest absolute Gasteiger partial charge is 0.107 e. The minimum atomic E-state index is 0.860. The molecule has 0 aliphatic carbocycles. The monoisotopic (exact) mass is 246 g/mol. The fourth-order valence-electron chi connectivity index (χ4n) is 1.61. The van der Waals surface area contributed by atoms with Crippen molar-refractivity contribution >= 4 is 11.3 Å². The van der Waals surface area contributed by atoms with Gasteiger partial charge in [-0.15, -0.1) is 11.3 Å². The Labute approximate surface area is 107 Å². The van der Waals surface area contributed by atoms with Crippen LogP contribution in [-0.4, -0.2) is 4.98 Å². The van der Waals surface area contributed by atoms with Crippen molar-refractivity contribution in [3.05, 3.63) is 51.5 Å². The first-order chi connectivity index (χ1) is 8.28. The van der Waals surface area contributed by atoms with Gasteiger partial charge in [0.1, 0.15) is 5.01 Å². The number of benzene rings is 1. The van der Waals surface area contributed by atoms with Crippen LogP contribution in [0.3, 0.4) is 0 Å². The van der Waals surface area contributed by atoms with Crippen molar-refractivity contribution in [1.29, 1.82) is 0 Å². The van der Waals surface area contributed by atoms with E-state index in [2.05, 4.69) is 48.4 Å². The first kappa shape index (κ1) is 12.3. The Kier molecular flexibility index (Phi) is 4.29. The maximum atomic E-state index is 4.39. The molecule has 0 radical (unpaired) electrons. The van der Waals surface area contributed by atoms with Crippen molar-refractivity contribution in [2.45, 2.75) is 33.4 Å². The summed E-state index contributed by atoms with van der Waals surface area (Å²) in [7, 11) is 0. The first-order valence-corrected chi connectivity index (χ1v) is 6.79. The van der Waals surface area contributed by atoms with Gasteiger partial charge in [-0.2, -0.15) is 0 Å². The molecule has 0 fully saturated rings. The molecule has 2 rings (SSSR count). The van der Waals surface area contributed by atoms with Crippen LogP contribution >= 0.6 is 11.3 Å². The average molecular weight is 246 g/mol. The fraction of sp³-hybridized carbons (Fsp3) is 0.357. The van der Waals surface area contributed by atoms with Crippen LogP contribution in [0, 0.1) is 6.92 Å². The van der Waals surface area contributed by atoms with Crippen molar-refractivity contribution in [3.63, 3.8) is 0 Å². The van der Waals surface area contributed by atoms with Gasteiger partial charge in [0.05, 0.1) is 0 Å². The van der Waals surface area contributed by atoms with Crippen molar-refractivity contribution < 1.29 is 0 Å². The molecule has 0 aliphatic rings. The maximum absolute atomic E-state index is 4.39. The number of rotatable bonds is 5. The van der Waals surface area contributed by atoms with Crippen LogP contribution in [0.5, 0.6) is 0 Å². The molecule has 0 saturated heterocycles. The molecule has 2 nitrogen and oxygen atoms in total. The summed E-state index contributed by atoms with van der Waals surface area (Å²) in [5.41, 5.74) is 2.63. The van der Waals surface area contributed by atoms with Crippen molar-refractivity contribution in [3.8, 4) is 0 Å². The van der Waals surface area contributed by atoms with E-state index in [-0.39, 0.29) is 0 Å². The Bertz CT molecular complexity index is 459. The van der Waals surface area contributed by atoms with Gasteiger partial charge in [0.25, 0.3) is 0 Å². The SMILES string of the molecule is CCc1cnc(CNCc2ccc(C)cc2)s1. The Balaban J connectivity index is 1.81. The van der Waals surface area contributed by atoms with Gasteiger partial charge in [-0.1, -0.05) is 36.8 Å². The highest BCUT2D eigenvalue weighted by molar-refractivity contribution is 7.11. The second kappa shape index (κ2) is 5.94. The van der Waals surface area contributed by atoms with Crippen LogP contribution < -0.4 is 5.32 Å². The average Bonchev–Trinajstić information content (AvgIpc) is 2.80. The summed E-state index contributed by atoms with van der Waals surface area (Å²) in [6.45, 7) is 6.04. The Hall–Kier alpha value is -1.19. The van der Waals surface area contributed by atoms with Crippen LogP contribution in [0.2, 0.25) is 0 Å². The molecule has 0 spiro atoms. The summed E-state index contributed by atoms with van der Waals surface area (Å²) in [6.07, 6.45) is 3.06. The molecular formula is C14H18N2S. The first-order valence-electron chi connectivity index (χ1n) is 5.97. The van der Waals surface area contributed by atoms with E-state index in [0.717, 1.165) is 19.5 Å². The maximum Gasteiger partial charge on any atom is 0.107 e. The largest absolute Gasteiger partial charge is 0.306 e. The summed E-state index contributed by atoms with van der Waals surface area (Å²) in [4.78, 5) is 5.75. The van der Waals surface area contributed by atoms with E-state index >= 15 is 0 Å². The van der Waals surface area contributed by atoms with Gasteiger partial charge in [0, 0.05) is 24.2 Å². The van der Waals surface area contributed by atoms with Gasteiger partial charge >= 0.3 is 0 Å². The van der Waals surface area contributed by atoms with E-state index < -0.39 is 0 Å². The Morgan fingerprint density at radius 1 is 1.18 bits per heavy atom. The summed E-state index contributed by atoms with van der Waals surface area (Å²) >= 11 is 1.80. The third-order valence-corrected chi connectivity index (χ3v) is 3.82. The lowest BCUT2D eigenvalue weighted by molar-refractivity contribution is 0.690. The second-order valence-corrected chi connectivity index (χ2v) is 5.36. The van der Waals surface area contributed by atoms with E-state index in [1.54, 1.807) is 11.3 Å². The molecular weight excluding hydrogens is 228 g/mol. The third-order valence-electron chi connectivity index (χ3n) is 2.68. The minimum absolute atomic E-state index is 0.860. The Morgan fingerprint density at radius 2 is 1.94 bits per heavy atom. The van der Waals surface area contributed by atoms with Crippen molar-refractivity contribution in [2.24, 2.45) is 0 Å². The van der Waals surface area contributed by atoms with E-state index in [4.69, 9.17) is 0 Å². The van der Waals surface area contributed by atoms with E-state index in [1.807, 2.05) is 6.20 Å². The van der Waals surface area contributed by atoms with E-state index in [1.165, 1.54) is 21.0 Å². The highest BCUT2D eigenvalue weighted by Gasteiger charge is 1.99. The zero-order valence-electron chi connectivity index (χ0n) is 10.4. The summed E-state index contributed by atoms with van der Waals surface area (Å²) in [6, 6.07) is 8.63. The number of thiazole rings is 1. The van der Waals surface area contributed by atoms with Crippen LogP contribution in [0.25, 0.3) is 0 Å². The lowest BCUT2D eigenvalue weighted by Crippen LogP contribution is -2.12. The number of aromatic nitrogens is 1. The molecule has 1 N–H and O–H groups in total. The third kappa shape index (κ3) is 3.65. The van der Waals surface area contributed by atoms with Gasteiger partial charge in [0.2, 0.25) is 0 Å². The molecule has 0 saturated carbocycles. The Morgan fingerprint density at radius 3 is 2.59 bits per heavy atom. The number of aryl methyl sites for hydroxylation is 2. The molecule has 0 bridgehead atoms. The number of nitrogens with zero attached hydrogens (tertiary/aromatic N) is 1. The van der Waals surface area contributed by atoms with Crippen LogP contribution in [0.1, 0.15) is 27.9 Å². The molecule has 2 aromatic rings. The van der Waals surface area contributed by atoms with Crippen LogP contribution in [0.4, 0.5) is 0 Å². The number of nitrogens with one attached hydrogen (secondary N) is 1. The van der Waals surface area contributed by atoms with Crippen LogP contribution in [-0.2, 0) is 19.5 Å². The molecule has 17 heavy (non-hydrogen) atoms. The van der Waals surface area contributed by atoms with Gasteiger partial charge < -0.3 is 5.32 Å². The summed E-state index contributed by atoms with van der Waals surface area (Å²) in [5.74, 6) is 0. The normalized spacial score (nSPS) is 10.7. The van der Waals surface area contributed by atoms with Gasteiger partial charge in [-0.25, -0.2) is 4.98 Å². The molecule has 90 valence electrons. The summed E-state index contributed by atoms with van der Waals surface area (Å²) in [5, 5.41) is 4.60. The quantitative estimate of drug-likeness (QED) is 0.875. The van der Waals surface area contributed by atoms with Gasteiger partial charge in [-0.05, 0) is 18.9 Å². The van der Waals surface area contributed by atoms with Crippen LogP contribution in [0.15, 0.2) is 30.5 Å². The molecule has 0 atom stereocenters. The zero-order valence-corrected chi connectivity index (χ0v) is 11.2. The highest BCUT2D eigenvalue weighted by Crippen LogP contribution is 2.13. The van der Waals surface area contributed by atoms with E-state index in [9.17, 15) is 0 Å². The highest BCUT2D eigenvalue weighted by atomic mass is 32.1. The van der Waals surface area contributed by atoms with Gasteiger partial charge in [-0.3, -0.25) is 0 Å². The minimum Gasteiger partial charge on any atom is -0.306 e. The standard InChI is InChI=1S/C14H18N2S/c1-3-13-9-16-14(17-13)10-15-8-12-6-4-11(2)5-7-12/h4-7,9,15H,3,8,10H2,1-2H3. The molecule has 0 aliphatic heterocycles. The van der Waals surface area contributed by atoms with Gasteiger partial charge in [0.15, 0.2) is 0 Å². The molecule has 0 unspecified atom stereocenters. The predicted octanol–water partition coefficient (Wildman–Crippen LogP) is 3.30. The number of hydrogen-bond donors (Lipinski definition) is 1. The number of hydrogen-bond acceptors (Lipinski definition) is 3. The fourth-order valence-corrected chi connectivity index (χ4v) is 2.44. The molecule has 3 heteroatoms. The van der Waals surface area contributed by atoms with Crippen molar-refractivity contribution in [1.82, 2.24) is 10.3 Å². The lowest BCUT2D eigenvalue weighted by Gasteiger charge is -2.03. The molecule has 1 aromatic heterocycles. The molecule has 1 heterocycles. The topological polar surface area (TPSA) is 24.9 Å². The predicted molar refractivity (Wildman–Crippen MR) is 73.2 cm³/mol. The summed E-state index contributed by atoms with van der Waals surface area (Å²) < 4.78 is 0. The molecule has 0 amide bonds. The zero-order chi connectivity index (χ0) is 12.1. The molecule has 1 aromatic carbocycles. The second-order valence-electron chi connectivity index (χ2n) is 4.16.